The van der Waals surface area contributed by atoms with Crippen molar-refractivity contribution in [3.05, 3.63) is 45.4 Å². The molecule has 8 nitrogen and oxygen atoms in total. The van der Waals surface area contributed by atoms with Crippen LogP contribution in [0, 0.1) is 11.3 Å². The molecule has 3 aromatic rings. The Labute approximate surface area is 260 Å². The number of ether oxygens (including phenoxy) is 1. The third-order valence-electron chi connectivity index (χ3n) is 7.25. The van der Waals surface area contributed by atoms with E-state index in [1.807, 2.05) is 0 Å². The number of benzene rings is 2. The molecule has 1 fully saturated rings. The van der Waals surface area contributed by atoms with Crippen molar-refractivity contribution in [1.29, 1.82) is 0 Å². The third kappa shape index (κ3) is 8.23. The van der Waals surface area contributed by atoms with Gasteiger partial charge in [-0.05, 0) is 43.4 Å². The van der Waals surface area contributed by atoms with Crippen molar-refractivity contribution in [2.75, 3.05) is 11.9 Å². The first kappa shape index (κ1) is 33.6. The minimum atomic E-state index is -4.29. The molecule has 1 aliphatic carbocycles. The summed E-state index contributed by atoms with van der Waals surface area (Å²) in [6.07, 6.45) is -7.09. The van der Waals surface area contributed by atoms with Crippen molar-refractivity contribution in [3.8, 4) is 5.75 Å². The van der Waals surface area contributed by atoms with Crippen LogP contribution in [0.2, 0.25) is 10.0 Å². The summed E-state index contributed by atoms with van der Waals surface area (Å²) in [6.45, 7) is 4.50. The van der Waals surface area contributed by atoms with Crippen LogP contribution in [-0.2, 0) is 11.3 Å². The molecule has 1 saturated carbocycles. The number of fused-ring (bicyclic) bond motifs is 1. The van der Waals surface area contributed by atoms with Gasteiger partial charge >= 0.3 is 6.18 Å². The zero-order valence-electron chi connectivity index (χ0n) is 24.1. The van der Waals surface area contributed by atoms with Crippen molar-refractivity contribution >= 4 is 57.7 Å². The summed E-state index contributed by atoms with van der Waals surface area (Å²) < 4.78 is 70.3. The van der Waals surface area contributed by atoms with E-state index < -0.39 is 42.5 Å². The Morgan fingerprint density at radius 1 is 1.09 bits per heavy atom. The van der Waals surface area contributed by atoms with E-state index in [1.165, 1.54) is 12.1 Å². The number of hydrogen-bond donors (Lipinski definition) is 4. The topological polar surface area (TPSA) is 108 Å². The zero-order chi connectivity index (χ0) is 32.4. The summed E-state index contributed by atoms with van der Waals surface area (Å²) in [5, 5.41) is 9.00. The minimum absolute atomic E-state index is 0.0843. The first-order valence-electron chi connectivity index (χ1n) is 13.9. The second-order valence-corrected chi connectivity index (χ2v) is 12.5. The lowest BCUT2D eigenvalue weighted by molar-refractivity contribution is -0.182. The zero-order valence-corrected chi connectivity index (χ0v) is 25.6. The van der Waals surface area contributed by atoms with Gasteiger partial charge in [0.05, 0.1) is 38.2 Å². The molecule has 0 radical (unpaired) electrons. The number of nitrogens with zero attached hydrogens (tertiary/aromatic N) is 1. The highest BCUT2D eigenvalue weighted by Gasteiger charge is 2.41. The molecule has 0 atom stereocenters. The van der Waals surface area contributed by atoms with Crippen LogP contribution in [0.3, 0.4) is 0 Å². The second-order valence-electron chi connectivity index (χ2n) is 11.7. The summed E-state index contributed by atoms with van der Waals surface area (Å²) >= 11 is 13.0. The van der Waals surface area contributed by atoms with Gasteiger partial charge in [0.25, 0.3) is 12.3 Å². The molecule has 2 aromatic carbocycles. The van der Waals surface area contributed by atoms with Crippen molar-refractivity contribution in [3.63, 3.8) is 0 Å². The number of H-pyrrole nitrogens is 1. The van der Waals surface area contributed by atoms with Gasteiger partial charge in [-0.2, -0.15) is 13.2 Å². The van der Waals surface area contributed by atoms with E-state index in [1.54, 1.807) is 32.9 Å². The maximum absolute atomic E-state index is 13.2. The fraction of sp³-hybridized carbons (Fsp3) is 0.483. The van der Waals surface area contributed by atoms with Gasteiger partial charge in [-0.15, -0.1) is 0 Å². The Bertz CT molecular complexity index is 1520. The molecule has 0 unspecified atom stereocenters. The van der Waals surface area contributed by atoms with Gasteiger partial charge < -0.3 is 25.7 Å². The Morgan fingerprint density at radius 2 is 1.77 bits per heavy atom. The molecule has 0 saturated heterocycles. The number of anilines is 2. The Hall–Kier alpha value is -3.32. The van der Waals surface area contributed by atoms with E-state index in [0.717, 1.165) is 0 Å². The van der Waals surface area contributed by atoms with Crippen LogP contribution >= 0.6 is 23.2 Å². The Balaban J connectivity index is 1.56. The predicted octanol–water partition coefficient (Wildman–Crippen LogP) is 7.77. The molecule has 240 valence electrons. The predicted molar refractivity (Wildman–Crippen MR) is 158 cm³/mol. The molecule has 1 aliphatic rings. The van der Waals surface area contributed by atoms with Crippen LogP contribution < -0.4 is 20.7 Å². The van der Waals surface area contributed by atoms with Crippen LogP contribution in [0.1, 0.15) is 62.4 Å². The second kappa shape index (κ2) is 13.4. The number of alkyl halides is 5. The van der Waals surface area contributed by atoms with Gasteiger partial charge in [0.1, 0.15) is 12.4 Å². The molecule has 0 spiro atoms. The maximum Gasteiger partial charge on any atom is 0.391 e. The van der Waals surface area contributed by atoms with Crippen LogP contribution in [0.5, 0.6) is 5.75 Å². The summed E-state index contributed by atoms with van der Waals surface area (Å²) in [5.41, 5.74) is 0.784. The van der Waals surface area contributed by atoms with E-state index in [9.17, 15) is 31.5 Å². The molecule has 15 heteroatoms. The molecule has 4 N–H and O–H groups in total. The van der Waals surface area contributed by atoms with E-state index in [0.29, 0.717) is 11.1 Å². The van der Waals surface area contributed by atoms with Crippen molar-refractivity contribution < 1.29 is 36.3 Å². The molecule has 0 aliphatic heterocycles. The maximum atomic E-state index is 13.2. The highest BCUT2D eigenvalue weighted by atomic mass is 35.5. The smallest absolute Gasteiger partial charge is 0.391 e. The van der Waals surface area contributed by atoms with E-state index in [2.05, 4.69) is 25.9 Å². The number of rotatable bonds is 9. The average molecular weight is 665 g/mol. The highest BCUT2D eigenvalue weighted by Crippen LogP contribution is 2.38. The number of carbonyl (C=O) groups excluding carboxylic acids is 2. The SMILES string of the molecule is CC(C)(C)C(=O)NCc1ccc(Cl)c(Nc2nc3cc(OCC(F)F)c(C(=O)NC4CCC(C(F)(F)F)CC4)cc3[nH]2)c1Cl. The third-order valence-corrected chi connectivity index (χ3v) is 8.00. The standard InChI is InChI=1S/C29H32Cl2F5N5O3/c1-28(2,3)26(43)37-12-14-4-9-18(30)24(23(14)31)41-27-39-19-10-17(21(11-20(19)40-27)44-13-22(32)33)25(42)38-16-7-5-15(6-8-16)29(34,35)36/h4,9-11,15-16,22H,5-8,12-13H2,1-3H3,(H,37,43)(H,38,42)(H2,39,40,41). The number of nitrogens with one attached hydrogen (secondary N) is 4. The molecule has 2 amide bonds. The quantitative estimate of drug-likeness (QED) is 0.175. The van der Waals surface area contributed by atoms with Gasteiger partial charge in [-0.3, -0.25) is 9.59 Å². The van der Waals surface area contributed by atoms with E-state index in [-0.39, 0.29) is 76.6 Å². The van der Waals surface area contributed by atoms with Crippen LogP contribution in [-0.4, -0.2) is 47.0 Å². The molecule has 1 aromatic heterocycles. The van der Waals surface area contributed by atoms with Gasteiger partial charge in [0, 0.05) is 24.1 Å². The normalized spacial score (nSPS) is 17.5. The monoisotopic (exact) mass is 663 g/mol. The molecular formula is C29H32Cl2F5N5O3. The number of carbonyl (C=O) groups is 2. The van der Waals surface area contributed by atoms with Crippen molar-refractivity contribution in [1.82, 2.24) is 20.6 Å². The lowest BCUT2D eigenvalue weighted by Gasteiger charge is -2.30. The largest absolute Gasteiger partial charge is 0.487 e. The fourth-order valence-electron chi connectivity index (χ4n) is 4.78. The van der Waals surface area contributed by atoms with Gasteiger partial charge in [0.2, 0.25) is 11.9 Å². The van der Waals surface area contributed by atoms with E-state index in [4.69, 9.17) is 27.9 Å². The Kier molecular flexibility index (Phi) is 10.2. The van der Waals surface area contributed by atoms with Crippen LogP contribution in [0.25, 0.3) is 11.0 Å². The lowest BCUT2D eigenvalue weighted by atomic mass is 9.85. The first-order valence-corrected chi connectivity index (χ1v) is 14.6. The van der Waals surface area contributed by atoms with Gasteiger partial charge in [-0.1, -0.05) is 50.0 Å². The number of aromatic amines is 1. The molecular weight excluding hydrogens is 632 g/mol. The van der Waals surface area contributed by atoms with Gasteiger partial charge in [-0.25, -0.2) is 13.8 Å². The highest BCUT2D eigenvalue weighted by molar-refractivity contribution is 6.39. The van der Waals surface area contributed by atoms with Crippen molar-refractivity contribution in [2.45, 2.75) is 71.6 Å². The number of amides is 2. The van der Waals surface area contributed by atoms with E-state index >= 15 is 0 Å². The number of halogens is 7. The summed E-state index contributed by atoms with van der Waals surface area (Å²) in [4.78, 5) is 32.9. The summed E-state index contributed by atoms with van der Waals surface area (Å²) in [6, 6.07) is 5.44. The molecule has 1 heterocycles. The van der Waals surface area contributed by atoms with Crippen LogP contribution in [0.4, 0.5) is 33.6 Å². The van der Waals surface area contributed by atoms with Crippen molar-refractivity contribution in [2.24, 2.45) is 11.3 Å². The first-order chi connectivity index (χ1) is 20.5. The number of imidazole rings is 1. The number of aromatic nitrogens is 2. The summed E-state index contributed by atoms with van der Waals surface area (Å²) in [7, 11) is 0. The van der Waals surface area contributed by atoms with Gasteiger partial charge in [0.15, 0.2) is 0 Å². The molecule has 0 bridgehead atoms. The summed E-state index contributed by atoms with van der Waals surface area (Å²) in [5.74, 6) is -2.27. The van der Waals surface area contributed by atoms with Crippen LogP contribution in [0.15, 0.2) is 24.3 Å². The lowest BCUT2D eigenvalue weighted by Crippen LogP contribution is -2.40. The molecule has 44 heavy (non-hydrogen) atoms. The fourth-order valence-corrected chi connectivity index (χ4v) is 5.31. The number of hydrogen-bond acceptors (Lipinski definition) is 5. The minimum Gasteiger partial charge on any atom is -0.487 e. The average Bonchev–Trinajstić information content (AvgIpc) is 3.33. The Morgan fingerprint density at radius 3 is 2.39 bits per heavy atom. The molecule has 4 rings (SSSR count).